The monoisotopic (exact) mass is 914 g/mol. The Morgan fingerprint density at radius 1 is 0.478 bits per heavy atom. The summed E-state index contributed by atoms with van der Waals surface area (Å²) >= 11 is 3.33. The Bertz CT molecular complexity index is 3300. The molecule has 0 aliphatic carbocycles. The molecular weight excluding hydrogens is 873 g/mol. The van der Waals surface area contributed by atoms with Gasteiger partial charge in [-0.15, -0.1) is 22.7 Å². The fourth-order valence-electron chi connectivity index (χ4n) is 7.81. The normalized spacial score (nSPS) is 11.0. The summed E-state index contributed by atoms with van der Waals surface area (Å²) in [6.07, 6.45) is 7.15. The largest absolute Gasteiger partial charge is 0.497 e. The summed E-state index contributed by atoms with van der Waals surface area (Å²) in [5.41, 5.74) is 13.4. The van der Waals surface area contributed by atoms with Crippen LogP contribution in [0.2, 0.25) is 0 Å². The van der Waals surface area contributed by atoms with Crippen LogP contribution < -0.4 is 9.47 Å². The molecule has 0 bridgehead atoms. The molecule has 0 aliphatic rings. The third-order valence-electron chi connectivity index (χ3n) is 11.1. The van der Waals surface area contributed by atoms with Crippen LogP contribution >= 0.6 is 22.7 Å². The smallest absolute Gasteiger partial charge is 0.177 e. The van der Waals surface area contributed by atoms with Gasteiger partial charge >= 0.3 is 0 Å². The number of nitrogens with zero attached hydrogens (tertiary/aromatic N) is 8. The van der Waals surface area contributed by atoms with Crippen LogP contribution in [-0.4, -0.2) is 63.2 Å². The first-order chi connectivity index (χ1) is 32.6. The number of aromatic nitrogens is 10. The molecule has 14 heteroatoms. The third kappa shape index (κ3) is 8.38. The SMILES string of the molecule is C.COc1ccc(-c2nc(-c3cccs3)[nH]c2-c2ccc(-n3cnc4cccnc43)cc2)cc1.COc1ccc(-c2nc(-c3cccs3)[nH]c2-c2ccc(-n3cnc4ncccc43)cc2)cc1. The van der Waals surface area contributed by atoms with Crippen molar-refractivity contribution in [2.45, 2.75) is 7.43 Å². The molecule has 0 saturated heterocycles. The summed E-state index contributed by atoms with van der Waals surface area (Å²) in [7, 11) is 3.34. The van der Waals surface area contributed by atoms with Crippen molar-refractivity contribution in [3.8, 4) is 89.3 Å². The molecule has 0 atom stereocenters. The number of ether oxygens (including phenoxy) is 2. The molecule has 328 valence electrons. The molecule has 8 heterocycles. The van der Waals surface area contributed by atoms with E-state index in [1.165, 1.54) is 0 Å². The Morgan fingerprint density at radius 3 is 1.49 bits per heavy atom. The number of thiophene rings is 2. The molecule has 4 aromatic carbocycles. The number of methoxy groups -OCH3 is 2. The number of hydrogen-bond donors (Lipinski definition) is 2. The molecular formula is C53H42N10O2S2. The standard InChI is InChI=1S/2C26H19N5OS.CH4/c1-32-20-12-8-18(9-13-20)24-23(29-25(30-24)22-5-3-15-33-22)17-6-10-19(11-7-17)31-16-28-21-4-2-14-27-26(21)31;1-32-20-12-8-18(9-13-20)24-23(29-26(30-24)22-5-3-15-33-22)17-6-10-19(11-7-17)31-16-28-25-21(31)4-2-14-27-25;/h2*2-16H,1H3,(H,29,30);1H4. The summed E-state index contributed by atoms with van der Waals surface area (Å²) < 4.78 is 14.7. The molecule has 0 amide bonds. The molecule has 8 aromatic heterocycles. The second-order valence-corrected chi connectivity index (χ2v) is 16.9. The van der Waals surface area contributed by atoms with E-state index in [0.29, 0.717) is 0 Å². The Labute approximate surface area is 393 Å². The van der Waals surface area contributed by atoms with Gasteiger partial charge in [0.25, 0.3) is 0 Å². The minimum Gasteiger partial charge on any atom is -0.497 e. The molecule has 67 heavy (non-hydrogen) atoms. The molecule has 0 saturated carbocycles. The van der Waals surface area contributed by atoms with E-state index >= 15 is 0 Å². The lowest BCUT2D eigenvalue weighted by Gasteiger charge is -2.07. The van der Waals surface area contributed by atoms with Crippen molar-refractivity contribution in [2.24, 2.45) is 0 Å². The third-order valence-corrected chi connectivity index (χ3v) is 12.9. The van der Waals surface area contributed by atoms with Crippen LogP contribution in [0.25, 0.3) is 100 Å². The zero-order valence-corrected chi connectivity index (χ0v) is 37.2. The average Bonchev–Trinajstić information content (AvgIpc) is 4.25. The number of pyridine rings is 2. The summed E-state index contributed by atoms with van der Waals surface area (Å²) in [5, 5.41) is 4.12. The molecule has 2 N–H and O–H groups in total. The average molecular weight is 915 g/mol. The Morgan fingerprint density at radius 2 is 0.970 bits per heavy atom. The Hall–Kier alpha value is -8.46. The molecule has 12 rings (SSSR count). The van der Waals surface area contributed by atoms with Crippen LogP contribution in [0.3, 0.4) is 0 Å². The highest BCUT2D eigenvalue weighted by Crippen LogP contribution is 2.37. The van der Waals surface area contributed by atoms with E-state index in [1.54, 1.807) is 61.9 Å². The first kappa shape index (κ1) is 42.5. The Kier molecular flexibility index (Phi) is 11.8. The minimum absolute atomic E-state index is 0. The van der Waals surface area contributed by atoms with E-state index < -0.39 is 0 Å². The first-order valence-corrected chi connectivity index (χ1v) is 22.7. The number of fused-ring (bicyclic) bond motifs is 2. The van der Waals surface area contributed by atoms with Crippen LogP contribution in [0.4, 0.5) is 0 Å². The van der Waals surface area contributed by atoms with E-state index in [4.69, 9.17) is 19.4 Å². The van der Waals surface area contributed by atoms with Gasteiger partial charge in [0.15, 0.2) is 11.3 Å². The predicted octanol–water partition coefficient (Wildman–Crippen LogP) is 13.1. The summed E-state index contributed by atoms with van der Waals surface area (Å²) in [5.74, 6) is 3.36. The van der Waals surface area contributed by atoms with Gasteiger partial charge in [0, 0.05) is 46.0 Å². The van der Waals surface area contributed by atoms with Crippen molar-refractivity contribution in [1.82, 2.24) is 49.0 Å². The number of H-pyrrole nitrogens is 2. The predicted molar refractivity (Wildman–Crippen MR) is 270 cm³/mol. The Balaban J connectivity index is 0.000000154. The number of imidazole rings is 4. The molecule has 0 aliphatic heterocycles. The van der Waals surface area contributed by atoms with Gasteiger partial charge in [-0.05, 0) is 120 Å². The zero-order chi connectivity index (χ0) is 44.4. The van der Waals surface area contributed by atoms with Crippen LogP contribution in [0.1, 0.15) is 7.43 Å². The van der Waals surface area contributed by atoms with Gasteiger partial charge in [-0.25, -0.2) is 29.9 Å². The van der Waals surface area contributed by atoms with E-state index in [0.717, 1.165) is 112 Å². The molecule has 0 unspecified atom stereocenters. The fraction of sp³-hybridized carbons (Fsp3) is 0.0566. The maximum atomic E-state index is 5.32. The lowest BCUT2D eigenvalue weighted by molar-refractivity contribution is 0.415. The maximum Gasteiger partial charge on any atom is 0.177 e. The first-order valence-electron chi connectivity index (χ1n) is 20.9. The summed E-state index contributed by atoms with van der Waals surface area (Å²) in [4.78, 5) is 36.9. The molecule has 0 spiro atoms. The highest BCUT2D eigenvalue weighted by molar-refractivity contribution is 7.13. The minimum atomic E-state index is 0. The van der Waals surface area contributed by atoms with Gasteiger partial charge in [-0.1, -0.05) is 43.8 Å². The number of nitrogens with one attached hydrogen (secondary N) is 2. The second-order valence-electron chi connectivity index (χ2n) is 15.0. The van der Waals surface area contributed by atoms with Gasteiger partial charge in [-0.2, -0.15) is 0 Å². The van der Waals surface area contributed by atoms with Gasteiger partial charge in [0.05, 0.1) is 52.3 Å². The van der Waals surface area contributed by atoms with Gasteiger partial charge < -0.3 is 19.4 Å². The van der Waals surface area contributed by atoms with Crippen LogP contribution in [0, 0.1) is 0 Å². The van der Waals surface area contributed by atoms with Crippen molar-refractivity contribution in [3.05, 3.63) is 181 Å². The summed E-state index contributed by atoms with van der Waals surface area (Å²) in [6.45, 7) is 0. The topological polar surface area (TPSA) is 137 Å². The quantitative estimate of drug-likeness (QED) is 0.138. The van der Waals surface area contributed by atoms with E-state index in [9.17, 15) is 0 Å². The second kappa shape index (κ2) is 18.6. The lowest BCUT2D eigenvalue weighted by Crippen LogP contribution is -1.93. The molecule has 0 fully saturated rings. The number of hydrogen-bond acceptors (Lipinski definition) is 10. The zero-order valence-electron chi connectivity index (χ0n) is 35.5. The number of aromatic amines is 2. The van der Waals surface area contributed by atoms with E-state index in [2.05, 4.69) is 101 Å². The van der Waals surface area contributed by atoms with Crippen molar-refractivity contribution in [1.29, 1.82) is 0 Å². The summed E-state index contributed by atoms with van der Waals surface area (Å²) in [6, 6.07) is 48.8. The van der Waals surface area contributed by atoms with Crippen molar-refractivity contribution < 1.29 is 9.47 Å². The maximum absolute atomic E-state index is 5.32. The van der Waals surface area contributed by atoms with Crippen LogP contribution in [0.15, 0.2) is 181 Å². The van der Waals surface area contributed by atoms with E-state index in [1.807, 2.05) is 94.1 Å². The fourth-order valence-corrected chi connectivity index (χ4v) is 9.15. The lowest BCUT2D eigenvalue weighted by atomic mass is 10.0. The number of benzene rings is 4. The van der Waals surface area contributed by atoms with Gasteiger partial charge in [0.1, 0.15) is 41.3 Å². The van der Waals surface area contributed by atoms with E-state index in [-0.39, 0.29) is 7.43 Å². The highest BCUT2D eigenvalue weighted by Gasteiger charge is 2.19. The van der Waals surface area contributed by atoms with Crippen molar-refractivity contribution >= 4 is 45.0 Å². The molecule has 0 radical (unpaired) electrons. The highest BCUT2D eigenvalue weighted by atomic mass is 32.1. The van der Waals surface area contributed by atoms with Gasteiger partial charge in [0.2, 0.25) is 0 Å². The number of rotatable bonds is 10. The van der Waals surface area contributed by atoms with Crippen molar-refractivity contribution in [2.75, 3.05) is 14.2 Å². The van der Waals surface area contributed by atoms with Crippen LogP contribution in [-0.2, 0) is 0 Å². The van der Waals surface area contributed by atoms with Gasteiger partial charge in [-0.3, -0.25) is 9.13 Å². The molecule has 12 aromatic rings. The van der Waals surface area contributed by atoms with Crippen molar-refractivity contribution in [3.63, 3.8) is 0 Å². The van der Waals surface area contributed by atoms with Crippen LogP contribution in [0.5, 0.6) is 11.5 Å². The molecule has 12 nitrogen and oxygen atoms in total.